The number of carbonyl (C=O) groups excluding carboxylic acids is 1. The normalized spacial score (nSPS) is 17.2. The van der Waals surface area contributed by atoms with E-state index in [1.165, 1.54) is 29.4 Å². The Kier molecular flexibility index (Phi) is 5.03. The third kappa shape index (κ3) is 4.04. The van der Waals surface area contributed by atoms with Gasteiger partial charge in [-0.25, -0.2) is 0 Å². The lowest BCUT2D eigenvalue weighted by Gasteiger charge is -2.38. The van der Waals surface area contributed by atoms with Gasteiger partial charge in [0.15, 0.2) is 0 Å². The maximum absolute atomic E-state index is 12.4. The molecule has 0 saturated carbocycles. The second-order valence-electron chi connectivity index (χ2n) is 6.00. The lowest BCUT2D eigenvalue weighted by atomic mass is 9.84. The highest BCUT2D eigenvalue weighted by molar-refractivity contribution is 9.10. The van der Waals surface area contributed by atoms with E-state index in [2.05, 4.69) is 20.7 Å². The molecule has 2 aromatic rings. The Bertz CT molecular complexity index is 797. The van der Waals surface area contributed by atoms with Crippen molar-refractivity contribution in [2.45, 2.75) is 24.8 Å². The van der Waals surface area contributed by atoms with Gasteiger partial charge in [-0.15, -0.1) is 13.2 Å². The fourth-order valence-corrected chi connectivity index (χ4v) is 3.31. The Hall–Kier alpha value is -2.00. The van der Waals surface area contributed by atoms with Crippen LogP contribution in [0.4, 0.5) is 13.2 Å². The third-order valence-corrected chi connectivity index (χ3v) is 4.92. The predicted octanol–water partition coefficient (Wildman–Crippen LogP) is 4.06. The van der Waals surface area contributed by atoms with Gasteiger partial charge in [-0.1, -0.05) is 12.1 Å². The minimum Gasteiger partial charge on any atom is -0.458 e. The average molecular weight is 434 g/mol. The summed E-state index contributed by atoms with van der Waals surface area (Å²) in [5.74, 6) is -0.518. The molecule has 0 bridgehead atoms. The molecule has 1 aliphatic heterocycles. The number of halogens is 4. The maximum atomic E-state index is 12.4. The summed E-state index contributed by atoms with van der Waals surface area (Å²) < 4.78 is 46.7. The van der Waals surface area contributed by atoms with E-state index in [4.69, 9.17) is 4.42 Å². The molecule has 5 nitrogen and oxygen atoms in total. The van der Waals surface area contributed by atoms with Crippen LogP contribution in [0.3, 0.4) is 0 Å². The van der Waals surface area contributed by atoms with Crippen molar-refractivity contribution in [2.75, 3.05) is 13.1 Å². The zero-order chi connectivity index (χ0) is 18.9. The maximum Gasteiger partial charge on any atom is 0.573 e. The van der Waals surface area contributed by atoms with Gasteiger partial charge in [-0.05, 0) is 52.5 Å². The summed E-state index contributed by atoms with van der Waals surface area (Å²) in [7, 11) is 0. The van der Waals surface area contributed by atoms with E-state index in [0.717, 1.165) is 0 Å². The lowest BCUT2D eigenvalue weighted by Crippen LogP contribution is -2.45. The molecule has 1 aliphatic rings. The molecular weight excluding hydrogens is 419 g/mol. The largest absolute Gasteiger partial charge is 0.573 e. The summed E-state index contributed by atoms with van der Waals surface area (Å²) in [6.07, 6.45) is -3.03. The fraction of sp³-hybridized carbons (Fsp3) is 0.353. The van der Waals surface area contributed by atoms with Crippen LogP contribution in [0.15, 0.2) is 45.5 Å². The first-order valence-corrected chi connectivity index (χ1v) is 8.58. The van der Waals surface area contributed by atoms with Crippen molar-refractivity contribution in [1.29, 1.82) is 0 Å². The van der Waals surface area contributed by atoms with E-state index in [1.54, 1.807) is 12.1 Å². The molecule has 1 aromatic carbocycles. The number of ether oxygens (including phenoxy) is 1. The molecule has 0 spiro atoms. The Labute approximate surface area is 155 Å². The average Bonchev–Trinajstić information content (AvgIpc) is 3.00. The molecule has 0 radical (unpaired) electrons. The number of hydrogen-bond acceptors (Lipinski definition) is 4. The molecule has 2 heterocycles. The molecule has 1 fully saturated rings. The van der Waals surface area contributed by atoms with Gasteiger partial charge in [0, 0.05) is 13.1 Å². The lowest BCUT2D eigenvalue weighted by molar-refractivity contribution is -0.274. The predicted molar refractivity (Wildman–Crippen MR) is 88.6 cm³/mol. The SMILES string of the molecule is O=C(c1occc1Br)N1CCC(O)(c2cccc(OC(F)(F)F)c2)CC1. The van der Waals surface area contributed by atoms with Gasteiger partial charge in [-0.2, -0.15) is 0 Å². The summed E-state index contributed by atoms with van der Waals surface area (Å²) in [5.41, 5.74) is -1.01. The van der Waals surface area contributed by atoms with Crippen molar-refractivity contribution in [3.8, 4) is 5.75 Å². The fourth-order valence-electron chi connectivity index (χ4n) is 2.94. The number of hydrogen-bond donors (Lipinski definition) is 1. The number of amides is 1. The molecule has 1 saturated heterocycles. The van der Waals surface area contributed by atoms with Crippen molar-refractivity contribution < 1.29 is 32.2 Å². The van der Waals surface area contributed by atoms with Gasteiger partial charge < -0.3 is 19.2 Å². The van der Waals surface area contributed by atoms with Crippen LogP contribution in [0.2, 0.25) is 0 Å². The highest BCUT2D eigenvalue weighted by Gasteiger charge is 2.37. The van der Waals surface area contributed by atoms with Gasteiger partial charge in [0.2, 0.25) is 5.76 Å². The van der Waals surface area contributed by atoms with Crippen molar-refractivity contribution in [3.05, 3.63) is 52.4 Å². The van der Waals surface area contributed by atoms with Crippen molar-refractivity contribution in [2.24, 2.45) is 0 Å². The highest BCUT2D eigenvalue weighted by atomic mass is 79.9. The van der Waals surface area contributed by atoms with Crippen LogP contribution in [-0.2, 0) is 5.60 Å². The van der Waals surface area contributed by atoms with Crippen LogP contribution in [0.5, 0.6) is 5.75 Å². The van der Waals surface area contributed by atoms with Crippen LogP contribution in [0.1, 0.15) is 29.0 Å². The van der Waals surface area contributed by atoms with Crippen LogP contribution in [-0.4, -0.2) is 35.4 Å². The van der Waals surface area contributed by atoms with E-state index < -0.39 is 12.0 Å². The monoisotopic (exact) mass is 433 g/mol. The smallest absolute Gasteiger partial charge is 0.458 e. The topological polar surface area (TPSA) is 62.9 Å². The first-order chi connectivity index (χ1) is 12.2. The minimum atomic E-state index is -4.80. The third-order valence-electron chi connectivity index (χ3n) is 4.29. The molecule has 140 valence electrons. The second kappa shape index (κ2) is 6.96. The Morgan fingerprint density at radius 1 is 1.27 bits per heavy atom. The van der Waals surface area contributed by atoms with Crippen LogP contribution >= 0.6 is 15.9 Å². The first kappa shape index (κ1) is 18.8. The second-order valence-corrected chi connectivity index (χ2v) is 6.85. The molecule has 0 atom stereocenters. The Balaban J connectivity index is 1.71. The Morgan fingerprint density at radius 3 is 2.54 bits per heavy atom. The number of aliphatic hydroxyl groups is 1. The number of rotatable bonds is 3. The molecule has 0 aliphatic carbocycles. The quantitative estimate of drug-likeness (QED) is 0.792. The zero-order valence-electron chi connectivity index (χ0n) is 13.4. The van der Waals surface area contributed by atoms with Gasteiger partial charge >= 0.3 is 6.36 Å². The highest BCUT2D eigenvalue weighted by Crippen LogP contribution is 2.36. The van der Waals surface area contributed by atoms with Crippen LogP contribution < -0.4 is 4.74 Å². The minimum absolute atomic E-state index is 0.177. The Morgan fingerprint density at radius 2 is 1.96 bits per heavy atom. The van der Waals surface area contributed by atoms with E-state index in [9.17, 15) is 23.1 Å². The van der Waals surface area contributed by atoms with Crippen molar-refractivity contribution in [3.63, 3.8) is 0 Å². The number of likely N-dealkylation sites (tertiary alicyclic amines) is 1. The standard InChI is InChI=1S/C17H15BrF3NO4/c18-13-4-9-25-14(13)15(23)22-7-5-16(24,6-8-22)11-2-1-3-12(10-11)26-17(19,20)21/h1-4,9-10,24H,5-8H2. The van der Waals surface area contributed by atoms with E-state index in [-0.39, 0.29) is 43.3 Å². The molecule has 1 aromatic heterocycles. The molecule has 1 N–H and O–H groups in total. The number of nitrogens with zero attached hydrogens (tertiary/aromatic N) is 1. The summed E-state index contributed by atoms with van der Waals surface area (Å²) in [5, 5.41) is 10.8. The molecule has 9 heteroatoms. The van der Waals surface area contributed by atoms with E-state index in [0.29, 0.717) is 10.0 Å². The van der Waals surface area contributed by atoms with Crippen molar-refractivity contribution in [1.82, 2.24) is 4.90 Å². The molecule has 26 heavy (non-hydrogen) atoms. The molecule has 1 amide bonds. The van der Waals surface area contributed by atoms with Crippen LogP contribution in [0.25, 0.3) is 0 Å². The number of piperidine rings is 1. The van der Waals surface area contributed by atoms with E-state index in [1.807, 2.05) is 0 Å². The van der Waals surface area contributed by atoms with Gasteiger partial charge in [0.25, 0.3) is 5.91 Å². The molecular formula is C17H15BrF3NO4. The van der Waals surface area contributed by atoms with Gasteiger partial charge in [-0.3, -0.25) is 4.79 Å². The summed E-state index contributed by atoms with van der Waals surface area (Å²) in [6.45, 7) is 0.486. The van der Waals surface area contributed by atoms with Gasteiger partial charge in [0.1, 0.15) is 5.75 Å². The zero-order valence-corrected chi connectivity index (χ0v) is 15.0. The number of carbonyl (C=O) groups is 1. The van der Waals surface area contributed by atoms with Crippen LogP contribution in [0, 0.1) is 0 Å². The van der Waals surface area contributed by atoms with E-state index >= 15 is 0 Å². The first-order valence-electron chi connectivity index (χ1n) is 7.79. The number of benzene rings is 1. The van der Waals surface area contributed by atoms with Gasteiger partial charge in [0.05, 0.1) is 16.3 Å². The molecule has 0 unspecified atom stereocenters. The number of alkyl halides is 3. The summed E-state index contributed by atoms with van der Waals surface area (Å²) >= 11 is 3.23. The molecule has 3 rings (SSSR count). The number of furan rings is 1. The summed E-state index contributed by atoms with van der Waals surface area (Å²) in [6, 6.07) is 6.90. The summed E-state index contributed by atoms with van der Waals surface area (Å²) in [4.78, 5) is 14.0. The van der Waals surface area contributed by atoms with Crippen molar-refractivity contribution >= 4 is 21.8 Å².